The minimum absolute atomic E-state index is 0.503. The number of hydrogen-bond acceptors (Lipinski definition) is 3. The summed E-state index contributed by atoms with van der Waals surface area (Å²) < 4.78 is 10.0. The van der Waals surface area contributed by atoms with Gasteiger partial charge in [-0.05, 0) is 18.3 Å². The van der Waals surface area contributed by atoms with Gasteiger partial charge in [-0.15, -0.1) is 0 Å². The molecule has 1 aliphatic carbocycles. The van der Waals surface area contributed by atoms with E-state index in [-0.39, 0.29) is 0 Å². The molecule has 4 atom stereocenters. The van der Waals surface area contributed by atoms with Gasteiger partial charge in [0.2, 0.25) is 0 Å². The lowest BCUT2D eigenvalue weighted by atomic mass is 9.79. The van der Waals surface area contributed by atoms with Crippen LogP contribution < -0.4 is 5.32 Å². The van der Waals surface area contributed by atoms with E-state index in [0.717, 1.165) is 38.1 Å². The lowest BCUT2D eigenvalue weighted by Gasteiger charge is -2.27. The third kappa shape index (κ3) is 6.73. The first-order valence-electron chi connectivity index (χ1n) is 8.25. The minimum Gasteiger partial charge on any atom is -0.372 e. The van der Waals surface area contributed by atoms with Crippen molar-refractivity contribution in [2.24, 2.45) is 11.8 Å². The molecule has 112 valence electrons. The second-order valence-corrected chi connectivity index (χ2v) is 6.28. The van der Waals surface area contributed by atoms with Gasteiger partial charge in [-0.3, -0.25) is 0 Å². The van der Waals surface area contributed by atoms with E-state index in [1.807, 2.05) is 0 Å². The van der Waals surface area contributed by atoms with Crippen molar-refractivity contribution in [3.63, 3.8) is 0 Å². The number of hydrogen-bond donors (Lipinski definition) is 1. The van der Waals surface area contributed by atoms with Crippen molar-refractivity contribution in [1.82, 2.24) is 5.32 Å². The van der Waals surface area contributed by atoms with E-state index in [0.29, 0.717) is 12.2 Å². The maximum absolute atomic E-state index is 5.01. The van der Waals surface area contributed by atoms with Crippen LogP contribution in [-0.2, 0) is 9.47 Å². The van der Waals surface area contributed by atoms with Crippen LogP contribution in [-0.4, -0.2) is 38.5 Å². The Bertz CT molecular complexity index is 217. The van der Waals surface area contributed by atoms with Crippen molar-refractivity contribution in [2.45, 2.75) is 64.6 Å². The number of ether oxygens (including phenoxy) is 2. The molecule has 3 heteroatoms. The van der Waals surface area contributed by atoms with E-state index in [9.17, 15) is 0 Å². The zero-order valence-electron chi connectivity index (χ0n) is 12.7. The van der Waals surface area contributed by atoms with Crippen LogP contribution in [0.5, 0.6) is 0 Å². The largest absolute Gasteiger partial charge is 0.372 e. The Balaban J connectivity index is 0.000000141. The van der Waals surface area contributed by atoms with Gasteiger partial charge in [0, 0.05) is 13.1 Å². The Kier molecular flexibility index (Phi) is 6.62. The predicted molar refractivity (Wildman–Crippen MR) is 78.4 cm³/mol. The van der Waals surface area contributed by atoms with E-state index in [4.69, 9.17) is 9.47 Å². The Morgan fingerprint density at radius 2 is 1.37 bits per heavy atom. The molecule has 2 saturated heterocycles. The van der Waals surface area contributed by atoms with Gasteiger partial charge in [0.15, 0.2) is 0 Å². The van der Waals surface area contributed by atoms with Crippen LogP contribution in [0.2, 0.25) is 0 Å². The van der Waals surface area contributed by atoms with Gasteiger partial charge >= 0.3 is 0 Å². The van der Waals surface area contributed by atoms with Crippen molar-refractivity contribution < 1.29 is 9.47 Å². The van der Waals surface area contributed by atoms with E-state index in [2.05, 4.69) is 19.2 Å². The van der Waals surface area contributed by atoms with Crippen molar-refractivity contribution in [3.8, 4) is 0 Å². The van der Waals surface area contributed by atoms with Crippen LogP contribution in [0.4, 0.5) is 0 Å². The highest BCUT2D eigenvalue weighted by molar-refractivity contribution is 4.76. The highest BCUT2D eigenvalue weighted by atomic mass is 16.6. The van der Waals surface area contributed by atoms with Crippen molar-refractivity contribution in [1.29, 1.82) is 0 Å². The molecular formula is C16H31NO2. The van der Waals surface area contributed by atoms with Crippen LogP contribution in [0.1, 0.15) is 52.4 Å². The highest BCUT2D eigenvalue weighted by Gasteiger charge is 2.25. The predicted octanol–water partition coefficient (Wildman–Crippen LogP) is 2.99. The zero-order chi connectivity index (χ0) is 13.5. The summed E-state index contributed by atoms with van der Waals surface area (Å²) in [7, 11) is 0. The van der Waals surface area contributed by atoms with Crippen molar-refractivity contribution in [3.05, 3.63) is 0 Å². The van der Waals surface area contributed by atoms with Crippen molar-refractivity contribution >= 4 is 0 Å². The summed E-state index contributed by atoms with van der Waals surface area (Å²) in [4.78, 5) is 0. The summed E-state index contributed by atoms with van der Waals surface area (Å²) in [6.45, 7) is 8.56. The van der Waals surface area contributed by atoms with Crippen LogP contribution in [0.15, 0.2) is 0 Å². The number of rotatable bonds is 6. The fraction of sp³-hybridized carbons (Fsp3) is 1.00. The van der Waals surface area contributed by atoms with Crippen LogP contribution >= 0.6 is 0 Å². The first-order valence-corrected chi connectivity index (χ1v) is 8.25. The second-order valence-electron chi connectivity index (χ2n) is 6.28. The monoisotopic (exact) mass is 269 g/mol. The molecule has 3 nitrogen and oxygen atoms in total. The van der Waals surface area contributed by atoms with Gasteiger partial charge in [-0.25, -0.2) is 0 Å². The van der Waals surface area contributed by atoms with Crippen molar-refractivity contribution in [2.75, 3.05) is 26.3 Å². The molecule has 0 bridgehead atoms. The molecule has 0 amide bonds. The van der Waals surface area contributed by atoms with Gasteiger partial charge in [0.25, 0.3) is 0 Å². The Morgan fingerprint density at radius 1 is 0.895 bits per heavy atom. The zero-order valence-corrected chi connectivity index (χ0v) is 12.7. The quantitative estimate of drug-likeness (QED) is 0.753. The Labute approximate surface area is 118 Å². The summed E-state index contributed by atoms with van der Waals surface area (Å²) in [5, 5.41) is 3.26. The van der Waals surface area contributed by atoms with Gasteiger partial charge in [0.1, 0.15) is 0 Å². The highest BCUT2D eigenvalue weighted by Crippen LogP contribution is 2.32. The molecule has 0 radical (unpaired) electrons. The molecular weight excluding hydrogens is 238 g/mol. The van der Waals surface area contributed by atoms with Gasteiger partial charge in [-0.1, -0.05) is 46.0 Å². The maximum Gasteiger partial charge on any atom is 0.0933 e. The topological polar surface area (TPSA) is 37.1 Å². The van der Waals surface area contributed by atoms with Gasteiger partial charge in [0.05, 0.1) is 25.4 Å². The third-order valence-electron chi connectivity index (χ3n) is 4.59. The smallest absolute Gasteiger partial charge is 0.0933 e. The molecule has 2 heterocycles. The van der Waals surface area contributed by atoms with Gasteiger partial charge < -0.3 is 14.8 Å². The minimum atomic E-state index is 0.503. The number of epoxide rings is 2. The number of nitrogens with one attached hydrogen (secondary N) is 1. The first-order chi connectivity index (χ1) is 9.31. The molecule has 2 aliphatic heterocycles. The first kappa shape index (κ1) is 15.3. The average molecular weight is 269 g/mol. The molecule has 0 spiro atoms. The van der Waals surface area contributed by atoms with E-state index in [1.54, 1.807) is 0 Å². The molecule has 19 heavy (non-hydrogen) atoms. The third-order valence-corrected chi connectivity index (χ3v) is 4.59. The summed E-state index contributed by atoms with van der Waals surface area (Å²) >= 11 is 0. The SMILES string of the molecule is C(NCC1CO1)C1CO1.CCC1CCCC(CC)C1. The summed E-state index contributed by atoms with van der Waals surface area (Å²) in [6.07, 6.45) is 9.87. The molecule has 0 aromatic carbocycles. The fourth-order valence-electron chi connectivity index (χ4n) is 2.92. The second kappa shape index (κ2) is 8.23. The fourth-order valence-corrected chi connectivity index (χ4v) is 2.92. The maximum atomic E-state index is 5.01. The summed E-state index contributed by atoms with van der Waals surface area (Å²) in [5.74, 6) is 2.14. The van der Waals surface area contributed by atoms with E-state index >= 15 is 0 Å². The molecule has 3 rings (SSSR count). The summed E-state index contributed by atoms with van der Waals surface area (Å²) in [5.41, 5.74) is 0. The molecule has 3 aliphatic rings. The normalized spacial score (nSPS) is 36.3. The summed E-state index contributed by atoms with van der Waals surface area (Å²) in [6, 6.07) is 0. The van der Waals surface area contributed by atoms with Gasteiger partial charge in [-0.2, -0.15) is 0 Å². The molecule has 3 fully saturated rings. The molecule has 4 unspecified atom stereocenters. The van der Waals surface area contributed by atoms with Crippen LogP contribution in [0, 0.1) is 11.8 Å². The lowest BCUT2D eigenvalue weighted by Crippen LogP contribution is -2.24. The molecule has 1 saturated carbocycles. The van der Waals surface area contributed by atoms with E-state index in [1.165, 1.54) is 38.5 Å². The Morgan fingerprint density at radius 3 is 1.74 bits per heavy atom. The lowest BCUT2D eigenvalue weighted by molar-refractivity contribution is 0.255. The average Bonchev–Trinajstić information content (AvgIpc) is 3.34. The van der Waals surface area contributed by atoms with Crippen LogP contribution in [0.3, 0.4) is 0 Å². The van der Waals surface area contributed by atoms with Crippen LogP contribution in [0.25, 0.3) is 0 Å². The molecule has 1 N–H and O–H groups in total. The standard InChI is InChI=1S/C10H20.C6H11NO2/c1-3-9-6-5-7-10(4-2)8-9;1(5-3-8-5)7-2-6-4-9-6/h9-10H,3-8H2,1-2H3;5-7H,1-4H2. The molecule has 0 aromatic rings. The van der Waals surface area contributed by atoms with E-state index < -0.39 is 0 Å². The Hall–Kier alpha value is -0.120. The molecule has 0 aromatic heterocycles.